The Morgan fingerprint density at radius 2 is 2.06 bits per heavy atom. The van der Waals surface area contributed by atoms with Crippen LogP contribution < -0.4 is 16.6 Å². The number of fused-ring (bicyclic) bond motifs is 2. The molecule has 0 saturated carbocycles. The van der Waals surface area contributed by atoms with Gasteiger partial charge in [-0.3, -0.25) is 9.59 Å². The summed E-state index contributed by atoms with van der Waals surface area (Å²) in [4.78, 5) is 35.0. The first-order valence-electron chi connectivity index (χ1n) is 10.4. The van der Waals surface area contributed by atoms with Gasteiger partial charge in [0.25, 0.3) is 5.56 Å². The van der Waals surface area contributed by atoms with Gasteiger partial charge in [0, 0.05) is 43.3 Å². The molecule has 35 heavy (non-hydrogen) atoms. The van der Waals surface area contributed by atoms with Gasteiger partial charge in [-0.25, -0.2) is 14.6 Å². The van der Waals surface area contributed by atoms with Gasteiger partial charge in [-0.15, -0.1) is 0 Å². The molecule has 0 fully saturated rings. The monoisotopic (exact) mass is 501 g/mol. The van der Waals surface area contributed by atoms with Crippen molar-refractivity contribution in [3.05, 3.63) is 39.7 Å². The first kappa shape index (κ1) is 24.3. The van der Waals surface area contributed by atoms with Crippen molar-refractivity contribution < 1.29 is 31.5 Å². The summed E-state index contributed by atoms with van der Waals surface area (Å²) in [7, 11) is 0. The van der Waals surface area contributed by atoms with E-state index in [1.165, 1.54) is 19.4 Å². The number of carbonyl (C=O) groups excluding carboxylic acids is 1. The van der Waals surface area contributed by atoms with E-state index in [1.807, 2.05) is 0 Å². The molecule has 4 rings (SSSR count). The average Bonchev–Trinajstić information content (AvgIpc) is 3.37. The molecule has 0 saturated heterocycles. The summed E-state index contributed by atoms with van der Waals surface area (Å²) in [6, 6.07) is 0. The maximum atomic E-state index is 13.5. The number of pyridine rings is 1. The van der Waals surface area contributed by atoms with Crippen molar-refractivity contribution in [2.75, 3.05) is 24.2 Å². The molecular formula is C20H20F5N7O3. The minimum Gasteiger partial charge on any atom is -0.465 e. The SMILES string of the molecule is Cc1c(N)c2c(CCOC(=O)C3CNc4ncncc43)nn(CCC(F)(F)C(F)(F)F)c2[nH]c1=O. The Morgan fingerprint density at radius 3 is 2.77 bits per heavy atom. The molecule has 0 bridgehead atoms. The Balaban J connectivity index is 1.54. The highest BCUT2D eigenvalue weighted by Gasteiger charge is 2.56. The number of aryl methyl sites for hydroxylation is 1. The highest BCUT2D eigenvalue weighted by Crippen LogP contribution is 2.38. The van der Waals surface area contributed by atoms with Crippen LogP contribution in [0.15, 0.2) is 17.3 Å². The van der Waals surface area contributed by atoms with Crippen LogP contribution in [0.4, 0.5) is 33.5 Å². The van der Waals surface area contributed by atoms with Crippen LogP contribution in [0.25, 0.3) is 11.0 Å². The third-order valence-corrected chi connectivity index (χ3v) is 5.78. The number of H-pyrrole nitrogens is 1. The Morgan fingerprint density at radius 1 is 1.31 bits per heavy atom. The number of halogens is 5. The number of nitrogens with two attached hydrogens (primary N) is 1. The van der Waals surface area contributed by atoms with Gasteiger partial charge in [-0.2, -0.15) is 27.1 Å². The van der Waals surface area contributed by atoms with Crippen LogP contribution >= 0.6 is 0 Å². The average molecular weight is 501 g/mol. The number of alkyl halides is 5. The number of ether oxygens (including phenoxy) is 1. The molecule has 3 aromatic heterocycles. The van der Waals surface area contributed by atoms with Gasteiger partial charge in [0.05, 0.1) is 23.4 Å². The highest BCUT2D eigenvalue weighted by atomic mass is 19.4. The maximum Gasteiger partial charge on any atom is 0.453 e. The van der Waals surface area contributed by atoms with Crippen molar-refractivity contribution in [2.24, 2.45) is 0 Å². The highest BCUT2D eigenvalue weighted by molar-refractivity contribution is 5.92. The summed E-state index contributed by atoms with van der Waals surface area (Å²) < 4.78 is 70.8. The van der Waals surface area contributed by atoms with Crippen LogP contribution in [0.1, 0.15) is 29.2 Å². The number of nitrogens with one attached hydrogen (secondary N) is 2. The second-order valence-corrected chi connectivity index (χ2v) is 8.02. The van der Waals surface area contributed by atoms with Crippen molar-refractivity contribution in [3.8, 4) is 0 Å². The summed E-state index contributed by atoms with van der Waals surface area (Å²) >= 11 is 0. The quantitative estimate of drug-likeness (QED) is 0.331. The predicted octanol–water partition coefficient (Wildman–Crippen LogP) is 2.29. The van der Waals surface area contributed by atoms with E-state index in [-0.39, 0.29) is 47.6 Å². The molecular weight excluding hydrogens is 481 g/mol. The lowest BCUT2D eigenvalue weighted by molar-refractivity contribution is -0.285. The number of anilines is 2. The molecule has 1 atom stereocenters. The second-order valence-electron chi connectivity index (χ2n) is 8.02. The zero-order valence-corrected chi connectivity index (χ0v) is 18.2. The van der Waals surface area contributed by atoms with Crippen LogP contribution in [-0.4, -0.2) is 56.0 Å². The van der Waals surface area contributed by atoms with Gasteiger partial charge >= 0.3 is 18.1 Å². The molecule has 0 spiro atoms. The molecule has 1 unspecified atom stereocenters. The zero-order chi connectivity index (χ0) is 25.5. The Kier molecular flexibility index (Phi) is 6.11. The van der Waals surface area contributed by atoms with E-state index in [0.717, 1.165) is 4.68 Å². The van der Waals surface area contributed by atoms with Gasteiger partial charge in [0.15, 0.2) is 0 Å². The van der Waals surface area contributed by atoms with E-state index in [2.05, 4.69) is 25.4 Å². The van der Waals surface area contributed by atoms with Crippen molar-refractivity contribution in [1.29, 1.82) is 0 Å². The van der Waals surface area contributed by atoms with Gasteiger partial charge < -0.3 is 20.8 Å². The van der Waals surface area contributed by atoms with Crippen LogP contribution in [0.5, 0.6) is 0 Å². The first-order chi connectivity index (χ1) is 16.4. The third kappa shape index (κ3) is 4.49. The molecule has 4 N–H and O–H groups in total. The molecule has 0 aliphatic carbocycles. The van der Waals surface area contributed by atoms with Gasteiger partial charge in [-0.05, 0) is 6.92 Å². The van der Waals surface area contributed by atoms with E-state index in [4.69, 9.17) is 10.5 Å². The number of nitrogen functional groups attached to an aromatic ring is 1. The lowest BCUT2D eigenvalue weighted by atomic mass is 10.1. The topological polar surface area (TPSA) is 141 Å². The van der Waals surface area contributed by atoms with E-state index in [1.54, 1.807) is 0 Å². The van der Waals surface area contributed by atoms with Crippen LogP contribution in [0.3, 0.4) is 0 Å². The predicted molar refractivity (Wildman–Crippen MR) is 113 cm³/mol. The second kappa shape index (κ2) is 8.78. The van der Waals surface area contributed by atoms with Crippen molar-refractivity contribution >= 4 is 28.5 Å². The standard InChI is InChI=1S/C20H20F5N7O3/c1-9-14(26)13-12(2-5-35-18(34)11-7-28-15-10(11)6-27-8-29-15)31-32(16(13)30-17(9)33)4-3-19(21,22)20(23,24)25/h6,8,11H,2-5,7H2,1H3,(H3,26,30,33)(H,27,28,29). The number of aromatic nitrogens is 5. The molecule has 0 radical (unpaired) electrons. The summed E-state index contributed by atoms with van der Waals surface area (Å²) in [6.45, 7) is 0.678. The number of aromatic amines is 1. The molecule has 1 aliphatic heterocycles. The maximum absolute atomic E-state index is 13.5. The lowest BCUT2D eigenvalue weighted by Crippen LogP contribution is -2.37. The Bertz CT molecular complexity index is 1340. The lowest BCUT2D eigenvalue weighted by Gasteiger charge is -2.19. The van der Waals surface area contributed by atoms with E-state index in [0.29, 0.717) is 11.4 Å². The number of nitrogens with zero attached hydrogens (tertiary/aromatic N) is 4. The molecule has 1 aliphatic rings. The molecule has 3 aromatic rings. The van der Waals surface area contributed by atoms with E-state index >= 15 is 0 Å². The van der Waals surface area contributed by atoms with Gasteiger partial charge in [-0.1, -0.05) is 0 Å². The minimum absolute atomic E-state index is 0.00461. The van der Waals surface area contributed by atoms with Crippen LogP contribution in [0, 0.1) is 6.92 Å². The summed E-state index contributed by atoms with van der Waals surface area (Å²) in [6.07, 6.45) is -4.51. The molecule has 188 valence electrons. The third-order valence-electron chi connectivity index (χ3n) is 5.78. The van der Waals surface area contributed by atoms with Crippen molar-refractivity contribution in [1.82, 2.24) is 24.7 Å². The van der Waals surface area contributed by atoms with Gasteiger partial charge in [0.1, 0.15) is 23.7 Å². The number of esters is 1. The zero-order valence-electron chi connectivity index (χ0n) is 18.2. The summed E-state index contributed by atoms with van der Waals surface area (Å²) in [5, 5.41) is 7.24. The molecule has 4 heterocycles. The fourth-order valence-corrected chi connectivity index (χ4v) is 3.77. The first-order valence-corrected chi connectivity index (χ1v) is 10.4. The molecule has 15 heteroatoms. The number of hydrogen-bond donors (Lipinski definition) is 3. The van der Waals surface area contributed by atoms with Crippen LogP contribution in [-0.2, 0) is 22.5 Å². The Hall–Kier alpha value is -3.78. The molecule has 0 amide bonds. The Labute approximate surface area is 193 Å². The van der Waals surface area contributed by atoms with Crippen LogP contribution in [0.2, 0.25) is 0 Å². The fraction of sp³-hybridized carbons (Fsp3) is 0.450. The largest absolute Gasteiger partial charge is 0.465 e. The smallest absolute Gasteiger partial charge is 0.453 e. The fourth-order valence-electron chi connectivity index (χ4n) is 3.77. The normalized spacial score (nSPS) is 15.8. The van der Waals surface area contributed by atoms with Gasteiger partial charge in [0.2, 0.25) is 0 Å². The van der Waals surface area contributed by atoms with Crippen molar-refractivity contribution in [3.63, 3.8) is 0 Å². The summed E-state index contributed by atoms with van der Waals surface area (Å²) in [5.41, 5.74) is 6.20. The number of hydrogen-bond acceptors (Lipinski definition) is 8. The summed E-state index contributed by atoms with van der Waals surface area (Å²) in [5.74, 6) is -5.62. The van der Waals surface area contributed by atoms with E-state index < -0.39 is 42.5 Å². The van der Waals surface area contributed by atoms with Crippen molar-refractivity contribution in [2.45, 2.75) is 44.3 Å². The number of carbonyl (C=O) groups is 1. The number of rotatable bonds is 7. The minimum atomic E-state index is -5.73. The van der Waals surface area contributed by atoms with E-state index in [9.17, 15) is 31.5 Å². The molecule has 0 aromatic carbocycles. The molecule has 10 nitrogen and oxygen atoms in total.